The van der Waals surface area contributed by atoms with Crippen LogP contribution in [-0.2, 0) is 22.5 Å². The fourth-order valence-electron chi connectivity index (χ4n) is 4.39. The number of phenols is 2. The zero-order chi connectivity index (χ0) is 25.0. The van der Waals surface area contributed by atoms with Gasteiger partial charge in [0.25, 0.3) is 0 Å². The van der Waals surface area contributed by atoms with Crippen LogP contribution in [0.15, 0.2) is 12.1 Å². The van der Waals surface area contributed by atoms with Gasteiger partial charge in [-0.2, -0.15) is 18.3 Å². The number of carboxylic acid groups (broad SMARTS) is 1. The molecular formula is C22H27ClF3N3O5. The number of H-pyrrole nitrogens is 1. The topological polar surface area (TPSA) is 119 Å². The SMILES string of the molecule is CO[C@H]1CC[C@@H](CN2CCc3[nH]nc(-c4cc(Cl)c(O)cc4O)c3C2)CC1.O=C(O)C(F)(F)F. The number of halogens is 4. The number of phenolic OH excluding ortho intramolecular Hbond substituents is 2. The molecule has 1 aliphatic carbocycles. The van der Waals surface area contributed by atoms with Crippen LogP contribution in [0.3, 0.4) is 0 Å². The number of ether oxygens (including phenoxy) is 1. The number of hydrogen-bond donors (Lipinski definition) is 4. The molecule has 1 saturated carbocycles. The van der Waals surface area contributed by atoms with Crippen molar-refractivity contribution in [2.75, 3.05) is 20.2 Å². The second kappa shape index (κ2) is 10.8. The highest BCUT2D eigenvalue weighted by Gasteiger charge is 2.38. The van der Waals surface area contributed by atoms with Crippen LogP contribution in [-0.4, -0.2) is 68.9 Å². The van der Waals surface area contributed by atoms with Gasteiger partial charge in [0.1, 0.15) is 17.2 Å². The number of nitrogens with one attached hydrogen (secondary N) is 1. The normalized spacial score (nSPS) is 20.9. The van der Waals surface area contributed by atoms with E-state index in [0.29, 0.717) is 17.6 Å². The number of aromatic hydroxyl groups is 2. The highest BCUT2D eigenvalue weighted by atomic mass is 35.5. The molecule has 2 aromatic rings. The van der Waals surface area contributed by atoms with E-state index in [2.05, 4.69) is 15.1 Å². The fraction of sp³-hybridized carbons (Fsp3) is 0.545. The first-order chi connectivity index (χ1) is 16.0. The third-order valence-electron chi connectivity index (χ3n) is 6.22. The Balaban J connectivity index is 0.000000406. The van der Waals surface area contributed by atoms with E-state index in [0.717, 1.165) is 55.8 Å². The number of aromatic nitrogens is 2. The number of benzene rings is 1. The lowest BCUT2D eigenvalue weighted by Crippen LogP contribution is -2.36. The summed E-state index contributed by atoms with van der Waals surface area (Å²) in [5.41, 5.74) is 3.51. The van der Waals surface area contributed by atoms with Crippen LogP contribution >= 0.6 is 11.6 Å². The first kappa shape index (κ1) is 26.1. The van der Waals surface area contributed by atoms with Crippen LogP contribution in [0.25, 0.3) is 11.3 Å². The summed E-state index contributed by atoms with van der Waals surface area (Å²) in [5.74, 6) is -2.19. The molecule has 1 aromatic carbocycles. The standard InChI is InChI=1S/C20H26ClN3O3.C2HF3O2/c1-27-13-4-2-12(3-5-13)10-24-7-6-17-15(11-24)20(23-22-17)14-8-16(21)19(26)9-18(14)25;3-2(4,5)1(6)7/h8-9,12-13,25-26H,2-7,10-11H2,1H3,(H,22,23);(H,6,7)/t12-,13+;. The maximum atomic E-state index is 10.6. The Kier molecular flexibility index (Phi) is 8.32. The summed E-state index contributed by atoms with van der Waals surface area (Å²) in [7, 11) is 1.81. The second-order valence-corrected chi connectivity index (χ2v) is 8.92. The Hall–Kier alpha value is -2.50. The van der Waals surface area contributed by atoms with Gasteiger partial charge < -0.3 is 20.1 Å². The number of methoxy groups -OCH3 is 1. The second-order valence-electron chi connectivity index (χ2n) is 8.52. The Morgan fingerprint density at radius 3 is 2.47 bits per heavy atom. The van der Waals surface area contributed by atoms with Crippen LogP contribution in [0.1, 0.15) is 36.9 Å². The molecule has 1 aromatic heterocycles. The summed E-state index contributed by atoms with van der Waals surface area (Å²) in [6, 6.07) is 2.85. The van der Waals surface area contributed by atoms with Crippen LogP contribution in [0.4, 0.5) is 13.2 Å². The molecule has 4 rings (SSSR count). The summed E-state index contributed by atoms with van der Waals surface area (Å²) in [4.78, 5) is 11.4. The quantitative estimate of drug-likeness (QED) is 0.488. The maximum Gasteiger partial charge on any atom is 0.490 e. The number of rotatable bonds is 4. The molecule has 0 radical (unpaired) electrons. The van der Waals surface area contributed by atoms with Crippen LogP contribution in [0.2, 0.25) is 5.02 Å². The fourth-order valence-corrected chi connectivity index (χ4v) is 4.55. The van der Waals surface area contributed by atoms with E-state index >= 15 is 0 Å². The Morgan fingerprint density at radius 1 is 1.24 bits per heavy atom. The third-order valence-corrected chi connectivity index (χ3v) is 6.52. The number of carboxylic acids is 1. The number of nitrogens with zero attached hydrogens (tertiary/aromatic N) is 2. The van der Waals surface area contributed by atoms with Gasteiger partial charge in [0.05, 0.1) is 11.1 Å². The number of carbonyl (C=O) groups is 1. The van der Waals surface area contributed by atoms with Crippen molar-refractivity contribution >= 4 is 17.6 Å². The smallest absolute Gasteiger partial charge is 0.490 e. The predicted molar refractivity (Wildman–Crippen MR) is 118 cm³/mol. The molecule has 4 N–H and O–H groups in total. The number of aliphatic carboxylic acids is 1. The Labute approximate surface area is 199 Å². The highest BCUT2D eigenvalue weighted by Crippen LogP contribution is 2.39. The average molecular weight is 506 g/mol. The van der Waals surface area contributed by atoms with E-state index in [1.54, 1.807) is 6.07 Å². The van der Waals surface area contributed by atoms with E-state index < -0.39 is 12.1 Å². The van der Waals surface area contributed by atoms with Crippen LogP contribution < -0.4 is 0 Å². The van der Waals surface area contributed by atoms with E-state index in [4.69, 9.17) is 26.2 Å². The minimum atomic E-state index is -5.08. The van der Waals surface area contributed by atoms with Crippen molar-refractivity contribution in [1.29, 1.82) is 0 Å². The van der Waals surface area contributed by atoms with Gasteiger partial charge in [0, 0.05) is 56.1 Å². The number of aromatic amines is 1. The van der Waals surface area contributed by atoms with Crippen LogP contribution in [0.5, 0.6) is 11.5 Å². The molecule has 0 amide bonds. The van der Waals surface area contributed by atoms with Gasteiger partial charge in [-0.05, 0) is 37.7 Å². The molecule has 0 atom stereocenters. The zero-order valence-electron chi connectivity index (χ0n) is 18.5. The van der Waals surface area contributed by atoms with E-state index in [1.807, 2.05) is 7.11 Å². The average Bonchev–Trinajstić information content (AvgIpc) is 3.19. The lowest BCUT2D eigenvalue weighted by atomic mass is 9.86. The van der Waals surface area contributed by atoms with Gasteiger partial charge in [0.15, 0.2) is 0 Å². The van der Waals surface area contributed by atoms with Gasteiger partial charge in [0.2, 0.25) is 0 Å². The molecule has 0 unspecified atom stereocenters. The molecule has 34 heavy (non-hydrogen) atoms. The highest BCUT2D eigenvalue weighted by molar-refractivity contribution is 6.32. The zero-order valence-corrected chi connectivity index (χ0v) is 19.3. The van der Waals surface area contributed by atoms with Crippen molar-refractivity contribution in [2.24, 2.45) is 5.92 Å². The molecular weight excluding hydrogens is 479 g/mol. The minimum absolute atomic E-state index is 0.0128. The summed E-state index contributed by atoms with van der Waals surface area (Å²) in [5, 5.41) is 34.8. The van der Waals surface area contributed by atoms with Crippen molar-refractivity contribution in [1.82, 2.24) is 15.1 Å². The summed E-state index contributed by atoms with van der Waals surface area (Å²) < 4.78 is 37.2. The van der Waals surface area contributed by atoms with Gasteiger partial charge in [-0.25, -0.2) is 4.79 Å². The van der Waals surface area contributed by atoms with E-state index in [1.165, 1.54) is 18.9 Å². The lowest BCUT2D eigenvalue weighted by molar-refractivity contribution is -0.192. The lowest BCUT2D eigenvalue weighted by Gasteiger charge is -2.34. The van der Waals surface area contributed by atoms with Crippen molar-refractivity contribution in [3.8, 4) is 22.8 Å². The van der Waals surface area contributed by atoms with Gasteiger partial charge in [-0.3, -0.25) is 10.00 Å². The molecule has 0 saturated heterocycles. The third kappa shape index (κ3) is 6.34. The summed E-state index contributed by atoms with van der Waals surface area (Å²) >= 11 is 6.05. The van der Waals surface area contributed by atoms with E-state index in [-0.39, 0.29) is 16.5 Å². The summed E-state index contributed by atoms with van der Waals surface area (Å²) in [6.07, 6.45) is 0.997. The Morgan fingerprint density at radius 2 is 1.88 bits per heavy atom. The van der Waals surface area contributed by atoms with Crippen LogP contribution in [0, 0.1) is 5.92 Å². The van der Waals surface area contributed by atoms with Gasteiger partial charge >= 0.3 is 12.1 Å². The molecule has 1 fully saturated rings. The predicted octanol–water partition coefficient (Wildman–Crippen LogP) is 4.34. The molecule has 8 nitrogen and oxygen atoms in total. The molecule has 12 heteroatoms. The minimum Gasteiger partial charge on any atom is -0.507 e. The van der Waals surface area contributed by atoms with Crippen molar-refractivity contribution in [3.63, 3.8) is 0 Å². The molecule has 188 valence electrons. The first-order valence-corrected chi connectivity index (χ1v) is 11.2. The maximum absolute atomic E-state index is 10.6. The summed E-state index contributed by atoms with van der Waals surface area (Å²) in [6.45, 7) is 2.91. The molecule has 0 bridgehead atoms. The monoisotopic (exact) mass is 505 g/mol. The number of alkyl halides is 3. The number of fused-ring (bicyclic) bond motifs is 1. The number of hydrogen-bond acceptors (Lipinski definition) is 6. The molecule has 1 aliphatic heterocycles. The van der Waals surface area contributed by atoms with E-state index in [9.17, 15) is 23.4 Å². The molecule has 2 heterocycles. The van der Waals surface area contributed by atoms with Crippen molar-refractivity contribution in [2.45, 2.75) is 50.9 Å². The largest absolute Gasteiger partial charge is 0.507 e. The van der Waals surface area contributed by atoms with Gasteiger partial charge in [-0.15, -0.1) is 0 Å². The molecule has 2 aliphatic rings. The van der Waals surface area contributed by atoms with Crippen molar-refractivity contribution in [3.05, 3.63) is 28.4 Å². The van der Waals surface area contributed by atoms with Gasteiger partial charge in [-0.1, -0.05) is 11.6 Å². The van der Waals surface area contributed by atoms with Crippen molar-refractivity contribution < 1.29 is 38.0 Å². The Bertz CT molecular complexity index is 1010. The molecule has 0 spiro atoms. The first-order valence-electron chi connectivity index (χ1n) is 10.8.